The maximum atomic E-state index is 12.6. The molecule has 0 aromatic carbocycles. The van der Waals surface area contributed by atoms with E-state index in [4.69, 9.17) is 0 Å². The fourth-order valence-electron chi connectivity index (χ4n) is 2.97. The van der Waals surface area contributed by atoms with Crippen LogP contribution in [0.4, 0.5) is 23.7 Å². The first-order valence-corrected chi connectivity index (χ1v) is 9.05. The SMILES string of the molecule is CC[C@H]1c2ccsc2CCN1C(=O)Nc1ccc(OCC(F)(F)F)nc1. The minimum absolute atomic E-state index is 0.0207. The van der Waals surface area contributed by atoms with Crippen LogP contribution in [0.15, 0.2) is 29.8 Å². The van der Waals surface area contributed by atoms with Gasteiger partial charge in [0, 0.05) is 17.5 Å². The second kappa shape index (κ2) is 7.53. The lowest BCUT2D eigenvalue weighted by Gasteiger charge is -2.35. The Morgan fingerprint density at radius 2 is 2.23 bits per heavy atom. The second-order valence-electron chi connectivity index (χ2n) is 5.89. The van der Waals surface area contributed by atoms with Gasteiger partial charge in [-0.1, -0.05) is 6.92 Å². The van der Waals surface area contributed by atoms with E-state index >= 15 is 0 Å². The molecule has 0 fully saturated rings. The first-order chi connectivity index (χ1) is 12.4. The van der Waals surface area contributed by atoms with Crippen molar-refractivity contribution in [3.63, 3.8) is 0 Å². The average Bonchev–Trinajstić information content (AvgIpc) is 3.08. The van der Waals surface area contributed by atoms with Crippen LogP contribution >= 0.6 is 11.3 Å². The number of thiophene rings is 1. The number of nitrogens with zero attached hydrogens (tertiary/aromatic N) is 2. The largest absolute Gasteiger partial charge is 0.468 e. The fraction of sp³-hybridized carbons (Fsp3) is 0.412. The number of nitrogens with one attached hydrogen (secondary N) is 1. The predicted molar refractivity (Wildman–Crippen MR) is 92.6 cm³/mol. The molecule has 0 spiro atoms. The highest BCUT2D eigenvalue weighted by molar-refractivity contribution is 7.10. The van der Waals surface area contributed by atoms with Gasteiger partial charge in [0.1, 0.15) is 0 Å². The molecule has 9 heteroatoms. The normalized spacial score (nSPS) is 16.9. The number of anilines is 1. The molecule has 1 aliphatic heterocycles. The third-order valence-corrected chi connectivity index (χ3v) is 5.11. The number of ether oxygens (including phenoxy) is 1. The van der Waals surface area contributed by atoms with Crippen LogP contribution in [0.2, 0.25) is 0 Å². The molecule has 0 bridgehead atoms. The molecule has 2 aromatic rings. The van der Waals surface area contributed by atoms with Gasteiger partial charge < -0.3 is 15.0 Å². The van der Waals surface area contributed by atoms with Gasteiger partial charge in [0.2, 0.25) is 5.88 Å². The molecule has 0 unspecified atom stereocenters. The smallest absolute Gasteiger partial charge is 0.422 e. The first kappa shape index (κ1) is 18.5. The Kier molecular flexibility index (Phi) is 5.36. The van der Waals surface area contributed by atoms with Gasteiger partial charge in [-0.15, -0.1) is 11.3 Å². The third kappa shape index (κ3) is 4.27. The summed E-state index contributed by atoms with van der Waals surface area (Å²) in [5.41, 5.74) is 1.59. The summed E-state index contributed by atoms with van der Waals surface area (Å²) >= 11 is 1.71. The van der Waals surface area contributed by atoms with Gasteiger partial charge in [-0.05, 0) is 35.9 Å². The van der Waals surface area contributed by atoms with Crippen LogP contribution < -0.4 is 10.1 Å². The number of fused-ring (bicyclic) bond motifs is 1. The topological polar surface area (TPSA) is 54.5 Å². The van der Waals surface area contributed by atoms with Crippen molar-refractivity contribution in [1.29, 1.82) is 0 Å². The first-order valence-electron chi connectivity index (χ1n) is 8.17. The monoisotopic (exact) mass is 385 g/mol. The van der Waals surface area contributed by atoms with Crippen LogP contribution in [0.5, 0.6) is 5.88 Å². The van der Waals surface area contributed by atoms with Crippen molar-refractivity contribution in [2.75, 3.05) is 18.5 Å². The molecule has 1 N–H and O–H groups in total. The molecule has 0 saturated heterocycles. The minimum Gasteiger partial charge on any atom is -0.468 e. The number of pyridine rings is 1. The molecular weight excluding hydrogens is 367 g/mol. The maximum Gasteiger partial charge on any atom is 0.422 e. The van der Waals surface area contributed by atoms with E-state index in [0.717, 1.165) is 12.8 Å². The van der Waals surface area contributed by atoms with Gasteiger partial charge in [-0.25, -0.2) is 9.78 Å². The third-order valence-electron chi connectivity index (χ3n) is 4.11. The number of carbonyl (C=O) groups is 1. The number of urea groups is 1. The highest BCUT2D eigenvalue weighted by Crippen LogP contribution is 2.35. The van der Waals surface area contributed by atoms with Gasteiger partial charge in [-0.2, -0.15) is 13.2 Å². The van der Waals surface area contributed by atoms with E-state index in [1.165, 1.54) is 28.8 Å². The summed E-state index contributed by atoms with van der Waals surface area (Å²) in [6, 6.07) is 4.59. The van der Waals surface area contributed by atoms with Crippen LogP contribution in [0.3, 0.4) is 0 Å². The predicted octanol–water partition coefficient (Wildman–Crippen LogP) is 4.63. The molecule has 1 aliphatic rings. The zero-order valence-corrected chi connectivity index (χ0v) is 14.9. The maximum absolute atomic E-state index is 12.6. The number of amides is 2. The molecule has 3 rings (SSSR count). The molecule has 5 nitrogen and oxygen atoms in total. The van der Waals surface area contributed by atoms with Crippen molar-refractivity contribution in [2.24, 2.45) is 0 Å². The Hall–Kier alpha value is -2.29. The number of rotatable bonds is 4. The lowest BCUT2D eigenvalue weighted by atomic mass is 9.98. The average molecular weight is 385 g/mol. The number of halogens is 3. The van der Waals surface area contributed by atoms with Crippen LogP contribution in [-0.2, 0) is 6.42 Å². The van der Waals surface area contributed by atoms with Gasteiger partial charge in [0.25, 0.3) is 0 Å². The fourth-order valence-corrected chi connectivity index (χ4v) is 3.90. The number of hydrogen-bond donors (Lipinski definition) is 1. The molecule has 140 valence electrons. The molecule has 2 aromatic heterocycles. The Balaban J connectivity index is 1.63. The molecule has 26 heavy (non-hydrogen) atoms. The summed E-state index contributed by atoms with van der Waals surface area (Å²) < 4.78 is 41.0. The minimum atomic E-state index is -4.42. The van der Waals surface area contributed by atoms with Crippen LogP contribution in [-0.4, -0.2) is 35.2 Å². The molecular formula is C17H18F3N3O2S. The van der Waals surface area contributed by atoms with E-state index < -0.39 is 12.8 Å². The lowest BCUT2D eigenvalue weighted by Crippen LogP contribution is -2.41. The molecule has 0 saturated carbocycles. The van der Waals surface area contributed by atoms with Crippen molar-refractivity contribution in [2.45, 2.75) is 32.0 Å². The van der Waals surface area contributed by atoms with E-state index in [0.29, 0.717) is 12.2 Å². The summed E-state index contributed by atoms with van der Waals surface area (Å²) in [6.07, 6.45) is -1.51. The van der Waals surface area contributed by atoms with Gasteiger partial charge in [0.15, 0.2) is 6.61 Å². The Morgan fingerprint density at radius 3 is 2.88 bits per heavy atom. The van der Waals surface area contributed by atoms with E-state index in [1.807, 2.05) is 12.3 Å². The zero-order valence-electron chi connectivity index (χ0n) is 14.0. The number of hydrogen-bond acceptors (Lipinski definition) is 4. The Bertz CT molecular complexity index is 761. The van der Waals surface area contributed by atoms with E-state index in [1.54, 1.807) is 16.2 Å². The van der Waals surface area contributed by atoms with Crippen LogP contribution in [0, 0.1) is 0 Å². The summed E-state index contributed by atoms with van der Waals surface area (Å²) in [5.74, 6) is -0.146. The summed E-state index contributed by atoms with van der Waals surface area (Å²) in [4.78, 5) is 19.5. The molecule has 0 aliphatic carbocycles. The van der Waals surface area contributed by atoms with Gasteiger partial charge in [0.05, 0.1) is 17.9 Å². The van der Waals surface area contributed by atoms with Crippen LogP contribution in [0.25, 0.3) is 0 Å². The van der Waals surface area contributed by atoms with E-state index in [9.17, 15) is 18.0 Å². The molecule has 3 heterocycles. The highest BCUT2D eigenvalue weighted by Gasteiger charge is 2.30. The lowest BCUT2D eigenvalue weighted by molar-refractivity contribution is -0.154. The van der Waals surface area contributed by atoms with Crippen LogP contribution in [0.1, 0.15) is 29.8 Å². The van der Waals surface area contributed by atoms with E-state index in [2.05, 4.69) is 21.1 Å². The summed E-state index contributed by atoms with van der Waals surface area (Å²) in [7, 11) is 0. The van der Waals surface area contributed by atoms with Gasteiger partial charge >= 0.3 is 12.2 Å². The second-order valence-corrected chi connectivity index (χ2v) is 6.89. The quantitative estimate of drug-likeness (QED) is 0.835. The molecule has 2 amide bonds. The van der Waals surface area contributed by atoms with Crippen molar-refractivity contribution in [3.8, 4) is 5.88 Å². The van der Waals surface area contributed by atoms with Crippen molar-refractivity contribution in [1.82, 2.24) is 9.88 Å². The zero-order chi connectivity index (χ0) is 18.7. The molecule has 1 atom stereocenters. The summed E-state index contributed by atoms with van der Waals surface area (Å²) in [5, 5.41) is 4.79. The number of aromatic nitrogens is 1. The van der Waals surface area contributed by atoms with Crippen molar-refractivity contribution < 1.29 is 22.7 Å². The summed E-state index contributed by atoms with van der Waals surface area (Å²) in [6.45, 7) is 1.25. The van der Waals surface area contributed by atoms with Crippen molar-refractivity contribution in [3.05, 3.63) is 40.2 Å². The number of alkyl halides is 3. The Morgan fingerprint density at radius 1 is 1.42 bits per heavy atom. The Labute approximate surface area is 152 Å². The molecule has 0 radical (unpaired) electrons. The highest BCUT2D eigenvalue weighted by atomic mass is 32.1. The van der Waals surface area contributed by atoms with Crippen molar-refractivity contribution >= 4 is 23.1 Å². The number of carbonyl (C=O) groups excluding carboxylic acids is 1. The standard InChI is InChI=1S/C17H18F3N3O2S/c1-2-13-12-6-8-26-14(12)5-7-23(13)16(24)22-11-3-4-15(21-9-11)25-10-17(18,19)20/h3-4,6,8-9,13H,2,5,7,10H2,1H3,(H,22,24)/t13-/m0/s1. The van der Waals surface area contributed by atoms with Gasteiger partial charge in [-0.3, -0.25) is 0 Å². The van der Waals surface area contributed by atoms with E-state index in [-0.39, 0.29) is 18.0 Å².